The Morgan fingerprint density at radius 2 is 1.92 bits per heavy atom. The number of nitriles is 1. The van der Waals surface area contributed by atoms with E-state index in [1.54, 1.807) is 0 Å². The van der Waals surface area contributed by atoms with Crippen LogP contribution in [0.2, 0.25) is 0 Å². The third-order valence-corrected chi connectivity index (χ3v) is 3.22. The van der Waals surface area contributed by atoms with Crippen LogP contribution in [0.25, 0.3) is 11.1 Å². The second-order valence-electron chi connectivity index (χ2n) is 4.63. The molecule has 0 aliphatic heterocycles. The smallest absolute Gasteiger partial charge is 0.433 e. The molecule has 5 nitrogen and oxygen atoms in total. The Balaban J connectivity index is 2.80. The summed E-state index contributed by atoms with van der Waals surface area (Å²) in [7, 11) is 2.43. The molecule has 2 aromatic rings. The van der Waals surface area contributed by atoms with Gasteiger partial charge < -0.3 is 9.47 Å². The number of esters is 1. The molecule has 0 aliphatic carbocycles. The third kappa shape index (κ3) is 3.30. The van der Waals surface area contributed by atoms with Crippen molar-refractivity contribution in [2.45, 2.75) is 6.18 Å². The summed E-state index contributed by atoms with van der Waals surface area (Å²) in [4.78, 5) is 15.1. The zero-order valence-corrected chi connectivity index (χ0v) is 12.6. The minimum Gasteiger partial charge on any atom is -0.496 e. The number of halogens is 3. The summed E-state index contributed by atoms with van der Waals surface area (Å²) in [5.41, 5.74) is -1.07. The summed E-state index contributed by atoms with van der Waals surface area (Å²) in [6.07, 6.45) is -3.90. The highest BCUT2D eigenvalue weighted by Gasteiger charge is 2.34. The first-order valence-corrected chi connectivity index (χ1v) is 6.56. The van der Waals surface area contributed by atoms with Crippen molar-refractivity contribution in [2.24, 2.45) is 0 Å². The summed E-state index contributed by atoms with van der Waals surface area (Å²) in [5.74, 6) is -0.644. The quantitative estimate of drug-likeness (QED) is 0.803. The molecule has 0 amide bonds. The molecule has 0 radical (unpaired) electrons. The SMILES string of the molecule is COC(=O)c1cnc(C(F)(F)F)cc1-c1cc(C#N)ccc1OC. The van der Waals surface area contributed by atoms with Crippen molar-refractivity contribution in [2.75, 3.05) is 14.2 Å². The van der Waals surface area contributed by atoms with Crippen LogP contribution in [0, 0.1) is 11.3 Å². The van der Waals surface area contributed by atoms with E-state index < -0.39 is 17.8 Å². The lowest BCUT2D eigenvalue weighted by Crippen LogP contribution is -2.12. The molecular formula is C16H11F3N2O3. The summed E-state index contributed by atoms with van der Waals surface area (Å²) >= 11 is 0. The van der Waals surface area contributed by atoms with Gasteiger partial charge in [-0.3, -0.25) is 4.98 Å². The van der Waals surface area contributed by atoms with Crippen LogP contribution in [-0.4, -0.2) is 25.2 Å². The van der Waals surface area contributed by atoms with Crippen LogP contribution in [0.15, 0.2) is 30.5 Å². The van der Waals surface area contributed by atoms with Gasteiger partial charge in [0.25, 0.3) is 0 Å². The van der Waals surface area contributed by atoms with Crippen LogP contribution in [0.3, 0.4) is 0 Å². The monoisotopic (exact) mass is 336 g/mol. The Kier molecular flexibility index (Phi) is 4.74. The fraction of sp³-hybridized carbons (Fsp3) is 0.188. The summed E-state index contributed by atoms with van der Waals surface area (Å²) < 4.78 is 48.6. The molecule has 0 saturated carbocycles. The number of carbonyl (C=O) groups excluding carboxylic acids is 1. The van der Waals surface area contributed by atoms with Gasteiger partial charge in [0.05, 0.1) is 31.4 Å². The van der Waals surface area contributed by atoms with Gasteiger partial charge in [0.15, 0.2) is 0 Å². The fourth-order valence-corrected chi connectivity index (χ4v) is 2.09. The third-order valence-electron chi connectivity index (χ3n) is 3.22. The van der Waals surface area contributed by atoms with E-state index in [1.165, 1.54) is 25.3 Å². The zero-order chi connectivity index (χ0) is 17.9. The number of methoxy groups -OCH3 is 2. The van der Waals surface area contributed by atoms with Crippen LogP contribution in [0.1, 0.15) is 21.6 Å². The Bertz CT molecular complexity index is 826. The van der Waals surface area contributed by atoms with Crippen molar-refractivity contribution in [1.29, 1.82) is 5.26 Å². The predicted octanol–water partition coefficient (Wildman–Crippen LogP) is 3.43. The molecule has 1 heterocycles. The summed E-state index contributed by atoms with van der Waals surface area (Å²) in [6, 6.07) is 6.83. The highest BCUT2D eigenvalue weighted by molar-refractivity contribution is 5.98. The van der Waals surface area contributed by atoms with Crippen molar-refractivity contribution in [3.05, 3.63) is 47.3 Å². The molecule has 124 valence electrons. The highest BCUT2D eigenvalue weighted by atomic mass is 19.4. The Morgan fingerprint density at radius 3 is 2.46 bits per heavy atom. The van der Waals surface area contributed by atoms with Crippen LogP contribution in [0.4, 0.5) is 13.2 Å². The molecule has 1 aromatic heterocycles. The predicted molar refractivity (Wildman–Crippen MR) is 77.3 cm³/mol. The molecule has 2 rings (SSSR count). The number of benzene rings is 1. The topological polar surface area (TPSA) is 72.2 Å². The largest absolute Gasteiger partial charge is 0.496 e. The van der Waals surface area contributed by atoms with Crippen LogP contribution >= 0.6 is 0 Å². The number of alkyl halides is 3. The van der Waals surface area contributed by atoms with E-state index in [0.717, 1.165) is 19.4 Å². The second-order valence-corrected chi connectivity index (χ2v) is 4.63. The lowest BCUT2D eigenvalue weighted by atomic mass is 9.97. The van der Waals surface area contributed by atoms with Gasteiger partial charge in [0.2, 0.25) is 0 Å². The molecule has 0 saturated heterocycles. The van der Waals surface area contributed by atoms with Gasteiger partial charge in [0, 0.05) is 17.3 Å². The number of rotatable bonds is 3. The standard InChI is InChI=1S/C16H11F3N2O3/c1-23-13-4-3-9(7-20)5-11(13)10-6-14(16(17,18)19)21-8-12(10)15(22)24-2/h3-6,8H,1-2H3. The number of nitrogens with zero attached hydrogens (tertiary/aromatic N) is 2. The van der Waals surface area contributed by atoms with Crippen molar-refractivity contribution >= 4 is 5.97 Å². The number of hydrogen-bond acceptors (Lipinski definition) is 5. The summed E-state index contributed by atoms with van der Waals surface area (Å²) in [6.45, 7) is 0. The Labute approximate surface area is 135 Å². The molecule has 0 bridgehead atoms. The van der Waals surface area contributed by atoms with Crippen LogP contribution in [-0.2, 0) is 10.9 Å². The van der Waals surface area contributed by atoms with E-state index in [1.807, 2.05) is 6.07 Å². The molecule has 0 spiro atoms. The van der Waals surface area contributed by atoms with E-state index in [9.17, 15) is 18.0 Å². The first kappa shape index (κ1) is 17.3. The minimum absolute atomic E-state index is 0.0851. The average molecular weight is 336 g/mol. The van der Waals surface area contributed by atoms with E-state index in [2.05, 4.69) is 9.72 Å². The number of ether oxygens (including phenoxy) is 2. The van der Waals surface area contributed by atoms with Gasteiger partial charge in [-0.05, 0) is 24.3 Å². The average Bonchev–Trinajstić information content (AvgIpc) is 2.59. The molecule has 0 atom stereocenters. The lowest BCUT2D eigenvalue weighted by Gasteiger charge is -2.14. The van der Waals surface area contributed by atoms with Gasteiger partial charge >= 0.3 is 12.1 Å². The van der Waals surface area contributed by atoms with Gasteiger partial charge in [-0.15, -0.1) is 0 Å². The second kappa shape index (κ2) is 6.58. The molecule has 24 heavy (non-hydrogen) atoms. The number of hydrogen-bond donors (Lipinski definition) is 0. The fourth-order valence-electron chi connectivity index (χ4n) is 2.09. The Hall–Kier alpha value is -3.08. The van der Waals surface area contributed by atoms with Gasteiger partial charge in [0.1, 0.15) is 11.4 Å². The molecule has 0 N–H and O–H groups in total. The molecular weight excluding hydrogens is 325 g/mol. The molecule has 0 unspecified atom stereocenters. The highest BCUT2D eigenvalue weighted by Crippen LogP contribution is 2.37. The maximum atomic E-state index is 13.0. The first-order valence-electron chi connectivity index (χ1n) is 6.56. The zero-order valence-electron chi connectivity index (χ0n) is 12.6. The van der Waals surface area contributed by atoms with E-state index in [4.69, 9.17) is 10.00 Å². The van der Waals surface area contributed by atoms with Crippen LogP contribution < -0.4 is 4.74 Å². The first-order chi connectivity index (χ1) is 11.3. The number of carbonyl (C=O) groups is 1. The van der Waals surface area contributed by atoms with Crippen molar-refractivity contribution in [3.8, 4) is 22.9 Å². The molecule has 8 heteroatoms. The lowest BCUT2D eigenvalue weighted by molar-refractivity contribution is -0.141. The van der Waals surface area contributed by atoms with Gasteiger partial charge in [-0.25, -0.2) is 4.79 Å². The molecule has 0 aliphatic rings. The minimum atomic E-state index is -4.69. The number of aromatic nitrogens is 1. The maximum absolute atomic E-state index is 13.0. The summed E-state index contributed by atoms with van der Waals surface area (Å²) in [5, 5.41) is 9.01. The van der Waals surface area contributed by atoms with Gasteiger partial charge in [-0.1, -0.05) is 0 Å². The molecule has 1 aromatic carbocycles. The molecule has 0 fully saturated rings. The van der Waals surface area contributed by atoms with Gasteiger partial charge in [-0.2, -0.15) is 18.4 Å². The van der Waals surface area contributed by atoms with E-state index >= 15 is 0 Å². The van der Waals surface area contributed by atoms with E-state index in [-0.39, 0.29) is 28.0 Å². The van der Waals surface area contributed by atoms with Crippen LogP contribution in [0.5, 0.6) is 5.75 Å². The van der Waals surface area contributed by atoms with E-state index in [0.29, 0.717) is 0 Å². The van der Waals surface area contributed by atoms with Crippen molar-refractivity contribution in [3.63, 3.8) is 0 Å². The maximum Gasteiger partial charge on any atom is 0.433 e. The Morgan fingerprint density at radius 1 is 1.21 bits per heavy atom. The van der Waals surface area contributed by atoms with Crippen molar-refractivity contribution in [1.82, 2.24) is 4.98 Å². The van der Waals surface area contributed by atoms with Crippen molar-refractivity contribution < 1.29 is 27.4 Å². The normalized spacial score (nSPS) is 10.8. The number of pyridine rings is 1.